The third kappa shape index (κ3) is 7.85. The third-order valence-corrected chi connectivity index (χ3v) is 13.1. The van der Waals surface area contributed by atoms with Gasteiger partial charge in [-0.25, -0.2) is 0 Å². The largest absolute Gasteiger partial charge is 0.460 e. The lowest BCUT2D eigenvalue weighted by molar-refractivity contribution is -0.159. The van der Waals surface area contributed by atoms with E-state index in [0.29, 0.717) is 25.4 Å². The van der Waals surface area contributed by atoms with Gasteiger partial charge in [-0.15, -0.1) is 0 Å². The van der Waals surface area contributed by atoms with Crippen molar-refractivity contribution in [1.29, 1.82) is 0 Å². The van der Waals surface area contributed by atoms with Crippen LogP contribution in [0.3, 0.4) is 0 Å². The fraction of sp³-hybridized carbons (Fsp3) is 0.588. The van der Waals surface area contributed by atoms with Gasteiger partial charge in [-0.3, -0.25) is 9.59 Å². The van der Waals surface area contributed by atoms with E-state index in [0.717, 1.165) is 6.42 Å². The van der Waals surface area contributed by atoms with Gasteiger partial charge in [-0.1, -0.05) is 95.3 Å². The fourth-order valence-corrected chi connectivity index (χ4v) is 11.1. The highest BCUT2D eigenvalue weighted by molar-refractivity contribution is 6.99. The van der Waals surface area contributed by atoms with Crippen LogP contribution >= 0.6 is 0 Å². The van der Waals surface area contributed by atoms with Crippen molar-refractivity contribution in [1.82, 2.24) is 5.32 Å². The van der Waals surface area contributed by atoms with E-state index in [-0.39, 0.29) is 40.7 Å². The van der Waals surface area contributed by atoms with E-state index >= 15 is 0 Å². The fourth-order valence-electron chi connectivity index (χ4n) is 6.52. The van der Waals surface area contributed by atoms with Gasteiger partial charge < -0.3 is 14.5 Å². The molecule has 1 aliphatic rings. The van der Waals surface area contributed by atoms with Gasteiger partial charge in [0, 0.05) is 19.6 Å². The number of nitrogens with one attached hydrogen (secondary N) is 1. The van der Waals surface area contributed by atoms with E-state index in [9.17, 15) is 9.59 Å². The zero-order valence-corrected chi connectivity index (χ0v) is 27.1. The van der Waals surface area contributed by atoms with Gasteiger partial charge in [0.25, 0.3) is 8.32 Å². The Bertz CT molecular complexity index is 1060. The van der Waals surface area contributed by atoms with E-state index in [1.165, 1.54) is 10.4 Å². The first-order valence-electron chi connectivity index (χ1n) is 14.9. The number of ether oxygens (including phenoxy) is 1. The van der Waals surface area contributed by atoms with Crippen molar-refractivity contribution < 1.29 is 18.8 Å². The highest BCUT2D eigenvalue weighted by atomic mass is 28.4. The molecule has 0 radical (unpaired) electrons. The lowest BCUT2D eigenvalue weighted by Crippen LogP contribution is -2.67. The Morgan fingerprint density at radius 1 is 0.900 bits per heavy atom. The summed E-state index contributed by atoms with van der Waals surface area (Å²) >= 11 is 0. The Morgan fingerprint density at radius 3 is 1.85 bits per heavy atom. The Labute approximate surface area is 243 Å². The number of hydrogen-bond acceptors (Lipinski definition) is 4. The SMILES string of the molecule is CC(=O)N[C@@H](CC(C)C)[C@@H]1C[C@@H](C(=O)OC(C)(C)C)C[C@H]1CO[Si](c1ccccc1)(c1ccccc1)C(C)(C)C. The Hall–Kier alpha value is -2.44. The van der Waals surface area contributed by atoms with Gasteiger partial charge in [0.05, 0.1) is 5.92 Å². The molecule has 1 amide bonds. The standard InChI is InChI=1S/C34H51NO4Si/c1-24(2)20-31(35-25(3)36)30-22-26(32(37)39-33(4,5)6)21-27(30)23-38-40(34(7,8)9,28-16-12-10-13-17-28)29-18-14-11-15-19-29/h10-19,24,26-27,30-31H,20-23H2,1-9H3,(H,35,36)/t26-,27-,30+,31-/m0/s1. The maximum atomic E-state index is 13.3. The van der Waals surface area contributed by atoms with E-state index < -0.39 is 13.9 Å². The molecule has 1 saturated carbocycles. The van der Waals surface area contributed by atoms with E-state index in [1.807, 2.05) is 20.8 Å². The Balaban J connectivity index is 2.03. The van der Waals surface area contributed by atoms with Crippen molar-refractivity contribution in [3.63, 3.8) is 0 Å². The van der Waals surface area contributed by atoms with Crippen LogP contribution in [0.4, 0.5) is 0 Å². The highest BCUT2D eigenvalue weighted by Gasteiger charge is 2.52. The predicted molar refractivity (Wildman–Crippen MR) is 166 cm³/mol. The molecule has 0 heterocycles. The van der Waals surface area contributed by atoms with E-state index in [4.69, 9.17) is 9.16 Å². The molecule has 2 aromatic rings. The average molecular weight is 566 g/mol. The summed E-state index contributed by atoms with van der Waals surface area (Å²) in [6, 6.07) is 21.3. The second kappa shape index (κ2) is 13.0. The molecule has 0 bridgehead atoms. The lowest BCUT2D eigenvalue weighted by Gasteiger charge is -2.44. The minimum atomic E-state index is -2.74. The van der Waals surface area contributed by atoms with Crippen LogP contribution in [0.5, 0.6) is 0 Å². The average Bonchev–Trinajstić information content (AvgIpc) is 3.27. The summed E-state index contributed by atoms with van der Waals surface area (Å²) in [7, 11) is -2.74. The molecule has 40 heavy (non-hydrogen) atoms. The molecule has 4 atom stereocenters. The molecule has 0 aromatic heterocycles. The number of hydrogen-bond donors (Lipinski definition) is 1. The number of carbonyl (C=O) groups is 2. The molecule has 1 N–H and O–H groups in total. The molecule has 0 unspecified atom stereocenters. The van der Waals surface area contributed by atoms with Crippen LogP contribution in [0.15, 0.2) is 60.7 Å². The highest BCUT2D eigenvalue weighted by Crippen LogP contribution is 2.43. The lowest BCUT2D eigenvalue weighted by atomic mass is 9.84. The monoisotopic (exact) mass is 565 g/mol. The van der Waals surface area contributed by atoms with Crippen LogP contribution in [0, 0.1) is 23.7 Å². The van der Waals surface area contributed by atoms with Crippen LogP contribution < -0.4 is 15.7 Å². The van der Waals surface area contributed by atoms with Gasteiger partial charge in [-0.05, 0) is 73.2 Å². The van der Waals surface area contributed by atoms with Crippen molar-refractivity contribution in [2.45, 2.75) is 98.3 Å². The van der Waals surface area contributed by atoms with Gasteiger partial charge in [0.2, 0.25) is 5.91 Å². The maximum Gasteiger partial charge on any atom is 0.309 e. The first-order valence-corrected chi connectivity index (χ1v) is 16.8. The van der Waals surface area contributed by atoms with Crippen LogP contribution in [-0.4, -0.2) is 38.4 Å². The summed E-state index contributed by atoms with van der Waals surface area (Å²) in [5.41, 5.74) is -0.537. The van der Waals surface area contributed by atoms with Gasteiger partial charge in [0.1, 0.15) is 5.60 Å². The van der Waals surface area contributed by atoms with Gasteiger partial charge >= 0.3 is 5.97 Å². The summed E-state index contributed by atoms with van der Waals surface area (Å²) in [5.74, 6) is 0.280. The smallest absolute Gasteiger partial charge is 0.309 e. The molecule has 1 aliphatic carbocycles. The van der Waals surface area contributed by atoms with Crippen molar-refractivity contribution in [2.24, 2.45) is 23.7 Å². The number of benzene rings is 2. The zero-order valence-electron chi connectivity index (χ0n) is 26.1. The normalized spacial score (nSPS) is 20.8. The predicted octanol–water partition coefficient (Wildman–Crippen LogP) is 6.10. The molecular formula is C34H51NO4Si. The van der Waals surface area contributed by atoms with E-state index in [1.54, 1.807) is 6.92 Å². The third-order valence-electron chi connectivity index (χ3n) is 8.05. The number of carbonyl (C=O) groups excluding carboxylic acids is 2. The topological polar surface area (TPSA) is 64.6 Å². The summed E-state index contributed by atoms with van der Waals surface area (Å²) < 4.78 is 13.2. The molecule has 0 aliphatic heterocycles. The van der Waals surface area contributed by atoms with Crippen LogP contribution in [-0.2, 0) is 18.8 Å². The molecule has 2 aromatic carbocycles. The van der Waals surface area contributed by atoms with Crippen LogP contribution in [0.1, 0.15) is 81.6 Å². The van der Waals surface area contributed by atoms with Crippen LogP contribution in [0.2, 0.25) is 5.04 Å². The van der Waals surface area contributed by atoms with Crippen molar-refractivity contribution >= 4 is 30.6 Å². The summed E-state index contributed by atoms with van der Waals surface area (Å²) in [6.45, 7) is 19.1. The first-order chi connectivity index (χ1) is 18.6. The van der Waals surface area contributed by atoms with Crippen molar-refractivity contribution in [3.8, 4) is 0 Å². The molecule has 3 rings (SSSR count). The molecule has 0 saturated heterocycles. The molecule has 5 nitrogen and oxygen atoms in total. The molecule has 6 heteroatoms. The summed E-state index contributed by atoms with van der Waals surface area (Å²) in [6.07, 6.45) is 2.26. The quantitative estimate of drug-likeness (QED) is 0.279. The minimum Gasteiger partial charge on any atom is -0.460 e. The van der Waals surface area contributed by atoms with Gasteiger partial charge in [-0.2, -0.15) is 0 Å². The second-order valence-corrected chi connectivity index (χ2v) is 18.3. The van der Waals surface area contributed by atoms with Gasteiger partial charge in [0.15, 0.2) is 0 Å². The Morgan fingerprint density at radius 2 is 1.43 bits per heavy atom. The minimum absolute atomic E-state index is 0.0160. The second-order valence-electron chi connectivity index (χ2n) is 14.0. The summed E-state index contributed by atoms with van der Waals surface area (Å²) in [5, 5.41) is 5.60. The molecule has 220 valence electrons. The first kappa shape index (κ1) is 32.1. The van der Waals surface area contributed by atoms with Crippen LogP contribution in [0.25, 0.3) is 0 Å². The number of amides is 1. The molecular weight excluding hydrogens is 514 g/mol. The number of esters is 1. The van der Waals surface area contributed by atoms with E-state index in [2.05, 4.69) is 101 Å². The maximum absolute atomic E-state index is 13.3. The van der Waals surface area contributed by atoms with Crippen molar-refractivity contribution in [3.05, 3.63) is 60.7 Å². The molecule has 1 fully saturated rings. The summed E-state index contributed by atoms with van der Waals surface area (Å²) in [4.78, 5) is 25.6. The zero-order chi connectivity index (χ0) is 29.7. The van der Waals surface area contributed by atoms with Crippen molar-refractivity contribution in [2.75, 3.05) is 6.61 Å². The Kier molecular flexibility index (Phi) is 10.4. The molecule has 0 spiro atoms. The number of rotatable bonds is 10.